The van der Waals surface area contributed by atoms with Crippen molar-refractivity contribution in [1.29, 1.82) is 0 Å². The van der Waals surface area contributed by atoms with Gasteiger partial charge in [0.2, 0.25) is 0 Å². The van der Waals surface area contributed by atoms with Gasteiger partial charge in [-0.25, -0.2) is 4.79 Å². The first-order chi connectivity index (χ1) is 9.16. The van der Waals surface area contributed by atoms with Crippen LogP contribution < -0.4 is 11.1 Å². The summed E-state index contributed by atoms with van der Waals surface area (Å²) in [5, 5.41) is 9.78. The van der Waals surface area contributed by atoms with E-state index in [1.807, 2.05) is 0 Å². The molecule has 3 rings (SSSR count). The topological polar surface area (TPSA) is 72.9 Å². The lowest BCUT2D eigenvalue weighted by Crippen LogP contribution is -2.23. The minimum Gasteiger partial charge on any atom is -0.370 e. The number of carbonyl (C=O) groups excluding carboxylic acids is 1. The van der Waals surface area contributed by atoms with Gasteiger partial charge in [-0.2, -0.15) is 9.78 Å². The second-order valence-electron chi connectivity index (χ2n) is 4.80. The third kappa shape index (κ3) is 2.12. The van der Waals surface area contributed by atoms with Crippen LogP contribution >= 0.6 is 11.3 Å². The molecule has 2 aromatic rings. The van der Waals surface area contributed by atoms with E-state index in [4.69, 9.17) is 5.73 Å². The third-order valence-electron chi connectivity index (χ3n) is 3.30. The molecule has 0 aliphatic carbocycles. The Kier molecular flexibility index (Phi) is 3.02. The molecule has 5 nitrogen and oxygen atoms in total. The van der Waals surface area contributed by atoms with Gasteiger partial charge >= 0.3 is 6.03 Å². The van der Waals surface area contributed by atoms with Gasteiger partial charge in [-0.05, 0) is 43.2 Å². The number of thiophene rings is 1. The van der Waals surface area contributed by atoms with Crippen molar-refractivity contribution < 1.29 is 4.79 Å². The number of fused-ring (bicyclic) bond motifs is 1. The number of primary amides is 1. The molecule has 3 heterocycles. The molecule has 0 aromatic carbocycles. The zero-order valence-corrected chi connectivity index (χ0v) is 11.6. The van der Waals surface area contributed by atoms with Gasteiger partial charge < -0.3 is 11.1 Å². The lowest BCUT2D eigenvalue weighted by molar-refractivity contribution is 0.248. The molecule has 2 aromatic heterocycles. The Balaban J connectivity index is 2.16. The fourth-order valence-electron chi connectivity index (χ4n) is 2.42. The van der Waals surface area contributed by atoms with Crippen LogP contribution in [0.3, 0.4) is 0 Å². The number of hydrogen-bond acceptors (Lipinski definition) is 4. The largest absolute Gasteiger partial charge is 0.370 e. The van der Waals surface area contributed by atoms with E-state index in [0.717, 1.165) is 47.8 Å². The van der Waals surface area contributed by atoms with Crippen molar-refractivity contribution in [3.05, 3.63) is 22.6 Å². The Hall–Kier alpha value is -1.82. The van der Waals surface area contributed by atoms with Gasteiger partial charge in [-0.3, -0.25) is 0 Å². The number of amides is 1. The summed E-state index contributed by atoms with van der Waals surface area (Å²) in [5.41, 5.74) is 8.62. The summed E-state index contributed by atoms with van der Waals surface area (Å²) in [6, 6.07) is 1.56. The Morgan fingerprint density at radius 3 is 3.05 bits per heavy atom. The zero-order chi connectivity index (χ0) is 13.4. The molecular formula is C13H16N4OS. The minimum atomic E-state index is -0.537. The van der Waals surface area contributed by atoms with Gasteiger partial charge in [0.15, 0.2) is 0 Å². The molecule has 100 valence electrons. The van der Waals surface area contributed by atoms with Crippen LogP contribution in [0.4, 0.5) is 10.6 Å². The van der Waals surface area contributed by atoms with E-state index < -0.39 is 6.03 Å². The smallest absolute Gasteiger partial charge is 0.341 e. The summed E-state index contributed by atoms with van der Waals surface area (Å²) in [7, 11) is 0. The van der Waals surface area contributed by atoms with Gasteiger partial charge in [-0.15, -0.1) is 11.3 Å². The maximum absolute atomic E-state index is 11.5. The summed E-state index contributed by atoms with van der Waals surface area (Å²) in [6.07, 6.45) is 3.13. The van der Waals surface area contributed by atoms with Crippen molar-refractivity contribution in [3.8, 4) is 10.6 Å². The van der Waals surface area contributed by atoms with Gasteiger partial charge in [0, 0.05) is 12.1 Å². The van der Waals surface area contributed by atoms with Crippen LogP contribution in [0.1, 0.15) is 24.0 Å². The summed E-state index contributed by atoms with van der Waals surface area (Å²) in [6.45, 7) is 2.91. The highest BCUT2D eigenvalue weighted by molar-refractivity contribution is 7.13. The van der Waals surface area contributed by atoms with Crippen molar-refractivity contribution in [2.75, 3.05) is 11.9 Å². The van der Waals surface area contributed by atoms with Crippen molar-refractivity contribution in [3.63, 3.8) is 0 Å². The number of rotatable bonds is 1. The number of hydrogen-bond donors (Lipinski definition) is 2. The third-order valence-corrected chi connectivity index (χ3v) is 4.36. The molecule has 19 heavy (non-hydrogen) atoms. The van der Waals surface area contributed by atoms with Crippen LogP contribution in [0, 0.1) is 6.92 Å². The number of nitrogens with two attached hydrogens (primary N) is 1. The first kappa shape index (κ1) is 12.2. The first-order valence-electron chi connectivity index (χ1n) is 6.38. The normalized spacial score (nSPS) is 14.6. The number of anilines is 1. The standard InChI is InChI=1S/C13H16N4OS/c1-8-6-10(19-7-8)11-9-4-2-3-5-15-12(9)17(16-11)13(14)18/h6-7,15H,2-5H2,1H3,(H2,14,18). The van der Waals surface area contributed by atoms with E-state index in [1.54, 1.807) is 11.3 Å². The molecule has 6 heteroatoms. The van der Waals surface area contributed by atoms with Crippen LogP contribution in [0.5, 0.6) is 0 Å². The minimum absolute atomic E-state index is 0.537. The fraction of sp³-hybridized carbons (Fsp3) is 0.385. The highest BCUT2D eigenvalue weighted by Gasteiger charge is 2.23. The monoisotopic (exact) mass is 276 g/mol. The van der Waals surface area contributed by atoms with Crippen molar-refractivity contribution in [2.45, 2.75) is 26.2 Å². The van der Waals surface area contributed by atoms with Crippen LogP contribution in [0.2, 0.25) is 0 Å². The molecule has 1 aliphatic rings. The average Bonchev–Trinajstić information content (AvgIpc) is 2.86. The molecule has 0 radical (unpaired) electrons. The maximum Gasteiger partial charge on any atom is 0.341 e. The zero-order valence-electron chi connectivity index (χ0n) is 10.8. The summed E-state index contributed by atoms with van der Waals surface area (Å²) in [4.78, 5) is 12.6. The van der Waals surface area contributed by atoms with E-state index in [-0.39, 0.29) is 0 Å². The molecule has 0 atom stereocenters. The SMILES string of the molecule is Cc1csc(-c2nn(C(N)=O)c3c2CCCCN3)c1. The second kappa shape index (κ2) is 4.70. The maximum atomic E-state index is 11.5. The van der Waals surface area contributed by atoms with Crippen LogP contribution in [0.25, 0.3) is 10.6 Å². The average molecular weight is 276 g/mol. The second-order valence-corrected chi connectivity index (χ2v) is 5.71. The van der Waals surface area contributed by atoms with Gasteiger partial charge in [-0.1, -0.05) is 0 Å². The van der Waals surface area contributed by atoms with E-state index in [2.05, 4.69) is 28.8 Å². The molecule has 0 saturated carbocycles. The number of aryl methyl sites for hydroxylation is 1. The molecule has 0 spiro atoms. The Morgan fingerprint density at radius 1 is 1.53 bits per heavy atom. The summed E-state index contributed by atoms with van der Waals surface area (Å²) < 4.78 is 1.30. The lowest BCUT2D eigenvalue weighted by atomic mass is 10.1. The Morgan fingerprint density at radius 2 is 2.37 bits per heavy atom. The number of nitrogens with one attached hydrogen (secondary N) is 1. The molecule has 1 amide bonds. The highest BCUT2D eigenvalue weighted by atomic mass is 32.1. The Bertz CT molecular complexity index is 629. The molecule has 1 aliphatic heterocycles. The molecule has 3 N–H and O–H groups in total. The van der Waals surface area contributed by atoms with Crippen LogP contribution in [0.15, 0.2) is 11.4 Å². The highest BCUT2D eigenvalue weighted by Crippen LogP contribution is 2.35. The molecule has 0 saturated heterocycles. The van der Waals surface area contributed by atoms with Crippen LogP contribution in [-0.2, 0) is 6.42 Å². The summed E-state index contributed by atoms with van der Waals surface area (Å²) >= 11 is 1.65. The van der Waals surface area contributed by atoms with Crippen molar-refractivity contribution >= 4 is 23.2 Å². The van der Waals surface area contributed by atoms with E-state index in [0.29, 0.717) is 0 Å². The fourth-order valence-corrected chi connectivity index (χ4v) is 3.33. The van der Waals surface area contributed by atoms with Gasteiger partial charge in [0.25, 0.3) is 0 Å². The van der Waals surface area contributed by atoms with E-state index >= 15 is 0 Å². The van der Waals surface area contributed by atoms with Gasteiger partial charge in [0.1, 0.15) is 11.5 Å². The molecule has 0 fully saturated rings. The number of aromatic nitrogens is 2. The predicted molar refractivity (Wildman–Crippen MR) is 76.7 cm³/mol. The van der Waals surface area contributed by atoms with E-state index in [9.17, 15) is 4.79 Å². The number of nitrogens with zero attached hydrogens (tertiary/aromatic N) is 2. The summed E-state index contributed by atoms with van der Waals surface area (Å²) in [5.74, 6) is 0.769. The molecule has 0 unspecified atom stereocenters. The molecular weight excluding hydrogens is 260 g/mol. The van der Waals surface area contributed by atoms with Crippen LogP contribution in [-0.4, -0.2) is 22.4 Å². The lowest BCUT2D eigenvalue weighted by Gasteiger charge is -2.04. The molecule has 0 bridgehead atoms. The van der Waals surface area contributed by atoms with Gasteiger partial charge in [0.05, 0.1) is 4.88 Å². The Labute approximate surface area is 115 Å². The van der Waals surface area contributed by atoms with Crippen molar-refractivity contribution in [2.24, 2.45) is 5.73 Å². The predicted octanol–water partition coefficient (Wildman–Crippen LogP) is 2.60. The van der Waals surface area contributed by atoms with Crippen molar-refractivity contribution in [1.82, 2.24) is 9.78 Å². The first-order valence-corrected chi connectivity index (χ1v) is 7.26. The number of carbonyl (C=O) groups is 1. The van der Waals surface area contributed by atoms with E-state index in [1.165, 1.54) is 10.2 Å². The quantitative estimate of drug-likeness (QED) is 0.841.